The summed E-state index contributed by atoms with van der Waals surface area (Å²) in [6.07, 6.45) is 1.37. The molecule has 2 rings (SSSR count). The first kappa shape index (κ1) is 15.6. The van der Waals surface area contributed by atoms with Gasteiger partial charge in [0.2, 0.25) is 5.91 Å². The van der Waals surface area contributed by atoms with Gasteiger partial charge < -0.3 is 16.4 Å². The molecule has 7 heteroatoms. The average molecular weight is 304 g/mol. The maximum absolute atomic E-state index is 12.3. The van der Waals surface area contributed by atoms with Crippen molar-refractivity contribution in [1.82, 2.24) is 4.90 Å². The predicted octanol–water partition coefficient (Wildman–Crippen LogP) is 1.43. The Morgan fingerprint density at radius 1 is 1.37 bits per heavy atom. The zero-order chi connectivity index (χ0) is 13.3. The molecule has 0 aliphatic carbocycles. The number of halogens is 2. The molecule has 1 unspecified atom stereocenters. The standard InChI is InChI=1S/C12H14ClN3O2.ClH/c13-9-6-7(14)3-4-8(9)12(18)16-5-1-2-10(16)11(15)17;/h3-4,6,10H,1-2,5,14H2,(H2,15,17);1H. The van der Waals surface area contributed by atoms with Crippen LogP contribution in [0, 0.1) is 0 Å². The van der Waals surface area contributed by atoms with Gasteiger partial charge in [0.15, 0.2) is 0 Å². The summed E-state index contributed by atoms with van der Waals surface area (Å²) in [4.78, 5) is 25.0. The Morgan fingerprint density at radius 3 is 2.63 bits per heavy atom. The molecule has 0 radical (unpaired) electrons. The number of amides is 2. The molecule has 1 aromatic carbocycles. The Morgan fingerprint density at radius 2 is 2.05 bits per heavy atom. The number of nitrogens with two attached hydrogens (primary N) is 2. The first-order chi connectivity index (χ1) is 8.50. The number of carbonyl (C=O) groups excluding carboxylic acids is 2. The van der Waals surface area contributed by atoms with E-state index in [-0.39, 0.29) is 23.3 Å². The quantitative estimate of drug-likeness (QED) is 0.810. The van der Waals surface area contributed by atoms with E-state index in [1.54, 1.807) is 12.1 Å². The summed E-state index contributed by atoms with van der Waals surface area (Å²) in [6.45, 7) is 0.521. The van der Waals surface area contributed by atoms with Gasteiger partial charge in [0.05, 0.1) is 10.6 Å². The van der Waals surface area contributed by atoms with Gasteiger partial charge in [-0.1, -0.05) is 11.6 Å². The Balaban J connectivity index is 0.00000180. The number of rotatable bonds is 2. The van der Waals surface area contributed by atoms with Gasteiger partial charge in [-0.05, 0) is 31.0 Å². The number of benzene rings is 1. The molecule has 0 spiro atoms. The molecule has 104 valence electrons. The van der Waals surface area contributed by atoms with Gasteiger partial charge in [0, 0.05) is 12.2 Å². The molecule has 1 atom stereocenters. The highest BCUT2D eigenvalue weighted by Gasteiger charge is 2.33. The van der Waals surface area contributed by atoms with Gasteiger partial charge in [0.25, 0.3) is 5.91 Å². The van der Waals surface area contributed by atoms with Crippen molar-refractivity contribution in [3.05, 3.63) is 28.8 Å². The molecule has 5 nitrogen and oxygen atoms in total. The van der Waals surface area contributed by atoms with Crippen LogP contribution in [0.25, 0.3) is 0 Å². The second-order valence-electron chi connectivity index (χ2n) is 4.30. The molecular weight excluding hydrogens is 289 g/mol. The molecule has 2 amide bonds. The van der Waals surface area contributed by atoms with Crippen LogP contribution in [0.3, 0.4) is 0 Å². The lowest BCUT2D eigenvalue weighted by Gasteiger charge is -2.22. The summed E-state index contributed by atoms with van der Waals surface area (Å²) < 4.78 is 0. The molecule has 1 aromatic rings. The van der Waals surface area contributed by atoms with E-state index in [9.17, 15) is 9.59 Å². The molecule has 1 aliphatic rings. The van der Waals surface area contributed by atoms with Gasteiger partial charge in [-0.25, -0.2) is 0 Å². The fraction of sp³-hybridized carbons (Fsp3) is 0.333. The second kappa shape index (κ2) is 6.12. The monoisotopic (exact) mass is 303 g/mol. The van der Waals surface area contributed by atoms with Crippen molar-refractivity contribution in [2.75, 3.05) is 12.3 Å². The minimum Gasteiger partial charge on any atom is -0.399 e. The molecule has 4 N–H and O–H groups in total. The van der Waals surface area contributed by atoms with Crippen LogP contribution in [0.15, 0.2) is 18.2 Å². The highest BCUT2D eigenvalue weighted by molar-refractivity contribution is 6.34. The largest absolute Gasteiger partial charge is 0.399 e. The van der Waals surface area contributed by atoms with Crippen molar-refractivity contribution in [1.29, 1.82) is 0 Å². The molecule has 1 heterocycles. The SMILES string of the molecule is Cl.NC(=O)C1CCCN1C(=O)c1ccc(N)cc1Cl. The van der Waals surface area contributed by atoms with E-state index in [1.807, 2.05) is 0 Å². The highest BCUT2D eigenvalue weighted by Crippen LogP contribution is 2.25. The minimum atomic E-state index is -0.536. The summed E-state index contributed by atoms with van der Waals surface area (Å²) in [5.41, 5.74) is 11.7. The smallest absolute Gasteiger partial charge is 0.256 e. The molecule has 0 saturated carbocycles. The molecule has 1 fully saturated rings. The first-order valence-corrected chi connectivity index (χ1v) is 6.04. The Labute approximate surface area is 122 Å². The van der Waals surface area contributed by atoms with Crippen LogP contribution >= 0.6 is 24.0 Å². The molecule has 1 aliphatic heterocycles. The normalized spacial score (nSPS) is 17.9. The van der Waals surface area contributed by atoms with E-state index in [0.29, 0.717) is 24.2 Å². The lowest BCUT2D eigenvalue weighted by molar-refractivity contribution is -0.121. The number of nitrogen functional groups attached to an aromatic ring is 1. The molecular formula is C12H15Cl2N3O2. The van der Waals surface area contributed by atoms with Gasteiger partial charge in [-0.2, -0.15) is 0 Å². The van der Waals surface area contributed by atoms with E-state index < -0.39 is 11.9 Å². The molecule has 0 aromatic heterocycles. The summed E-state index contributed by atoms with van der Waals surface area (Å²) in [5.74, 6) is -0.756. The molecule has 19 heavy (non-hydrogen) atoms. The van der Waals surface area contributed by atoms with E-state index in [1.165, 1.54) is 11.0 Å². The van der Waals surface area contributed by atoms with Crippen molar-refractivity contribution in [3.8, 4) is 0 Å². The van der Waals surface area contributed by atoms with Gasteiger partial charge in [-0.15, -0.1) is 12.4 Å². The van der Waals surface area contributed by atoms with E-state index >= 15 is 0 Å². The van der Waals surface area contributed by atoms with Crippen molar-refractivity contribution in [3.63, 3.8) is 0 Å². The van der Waals surface area contributed by atoms with E-state index in [2.05, 4.69) is 0 Å². The minimum absolute atomic E-state index is 0. The molecule has 1 saturated heterocycles. The number of anilines is 1. The molecule has 0 bridgehead atoms. The zero-order valence-corrected chi connectivity index (χ0v) is 11.7. The third kappa shape index (κ3) is 3.11. The number of carbonyl (C=O) groups is 2. The van der Waals surface area contributed by atoms with Crippen LogP contribution in [0.1, 0.15) is 23.2 Å². The van der Waals surface area contributed by atoms with E-state index in [4.69, 9.17) is 23.1 Å². The van der Waals surface area contributed by atoms with Crippen molar-refractivity contribution < 1.29 is 9.59 Å². The topological polar surface area (TPSA) is 89.4 Å². The summed E-state index contributed by atoms with van der Waals surface area (Å²) in [5, 5.41) is 0.287. The predicted molar refractivity (Wildman–Crippen MR) is 76.4 cm³/mol. The van der Waals surface area contributed by atoms with Crippen LogP contribution in [-0.4, -0.2) is 29.3 Å². The fourth-order valence-corrected chi connectivity index (χ4v) is 2.43. The maximum atomic E-state index is 12.3. The number of hydrogen-bond acceptors (Lipinski definition) is 3. The van der Waals surface area contributed by atoms with Gasteiger partial charge >= 0.3 is 0 Å². The van der Waals surface area contributed by atoms with Crippen molar-refractivity contribution >= 4 is 41.5 Å². The Hall–Kier alpha value is -1.46. The van der Waals surface area contributed by atoms with E-state index in [0.717, 1.165) is 6.42 Å². The zero-order valence-electron chi connectivity index (χ0n) is 10.1. The highest BCUT2D eigenvalue weighted by atomic mass is 35.5. The van der Waals surface area contributed by atoms with Crippen LogP contribution < -0.4 is 11.5 Å². The van der Waals surface area contributed by atoms with Crippen molar-refractivity contribution in [2.45, 2.75) is 18.9 Å². The fourth-order valence-electron chi connectivity index (χ4n) is 2.17. The Kier molecular flexibility index (Phi) is 5.03. The lowest BCUT2D eigenvalue weighted by Crippen LogP contribution is -2.43. The number of nitrogens with zero attached hydrogens (tertiary/aromatic N) is 1. The summed E-state index contributed by atoms with van der Waals surface area (Å²) in [7, 11) is 0. The first-order valence-electron chi connectivity index (χ1n) is 5.66. The van der Waals surface area contributed by atoms with Gasteiger partial charge in [0.1, 0.15) is 6.04 Å². The average Bonchev–Trinajstić information content (AvgIpc) is 2.77. The summed E-state index contributed by atoms with van der Waals surface area (Å²) >= 11 is 5.99. The second-order valence-corrected chi connectivity index (χ2v) is 4.71. The number of likely N-dealkylation sites (tertiary alicyclic amines) is 1. The lowest BCUT2D eigenvalue weighted by atomic mass is 10.1. The van der Waals surface area contributed by atoms with Crippen LogP contribution in [0.2, 0.25) is 5.02 Å². The third-order valence-electron chi connectivity index (χ3n) is 3.07. The van der Waals surface area contributed by atoms with Crippen LogP contribution in [0.4, 0.5) is 5.69 Å². The van der Waals surface area contributed by atoms with Crippen molar-refractivity contribution in [2.24, 2.45) is 5.73 Å². The number of hydrogen-bond donors (Lipinski definition) is 2. The maximum Gasteiger partial charge on any atom is 0.256 e. The van der Waals surface area contributed by atoms with Gasteiger partial charge in [-0.3, -0.25) is 9.59 Å². The van der Waals surface area contributed by atoms with Crippen LogP contribution in [-0.2, 0) is 4.79 Å². The summed E-state index contributed by atoms with van der Waals surface area (Å²) in [6, 6.07) is 4.15. The third-order valence-corrected chi connectivity index (χ3v) is 3.38. The van der Waals surface area contributed by atoms with Crippen LogP contribution in [0.5, 0.6) is 0 Å². The number of primary amides is 1. The Bertz CT molecular complexity index is 508.